The molecule has 6 heteroatoms. The van der Waals surface area contributed by atoms with E-state index < -0.39 is 5.97 Å². The third kappa shape index (κ3) is 3.37. The normalized spacial score (nSPS) is 11.0. The summed E-state index contributed by atoms with van der Waals surface area (Å²) in [5, 5.41) is 0.772. The number of likely N-dealkylation sites (N-methyl/N-ethyl adjacent to an activating group) is 1. The monoisotopic (exact) mass is 295 g/mol. The zero-order valence-electron chi connectivity index (χ0n) is 11.2. The van der Waals surface area contributed by atoms with Gasteiger partial charge >= 0.3 is 5.97 Å². The molecule has 0 radical (unpaired) electrons. The number of fused-ring (bicyclic) bond motifs is 1. The summed E-state index contributed by atoms with van der Waals surface area (Å²) in [6.07, 6.45) is 0. The number of hydrogen-bond acceptors (Lipinski definition) is 5. The highest BCUT2D eigenvalue weighted by atomic mass is 35.5. The van der Waals surface area contributed by atoms with E-state index in [1.807, 2.05) is 19.0 Å². The molecule has 0 aliphatic rings. The van der Waals surface area contributed by atoms with E-state index in [0.29, 0.717) is 22.5 Å². The molecular weight excluding hydrogens is 282 g/mol. The van der Waals surface area contributed by atoms with Crippen LogP contribution in [0.25, 0.3) is 11.0 Å². The van der Waals surface area contributed by atoms with E-state index in [2.05, 4.69) is 0 Å². The third-order valence-corrected chi connectivity index (χ3v) is 2.90. The number of ether oxygens (including phenoxy) is 1. The van der Waals surface area contributed by atoms with Gasteiger partial charge in [0.2, 0.25) is 5.76 Å². The van der Waals surface area contributed by atoms with E-state index in [1.54, 1.807) is 12.1 Å². The molecule has 0 N–H and O–H groups in total. The molecule has 0 unspecified atom stereocenters. The van der Waals surface area contributed by atoms with Crippen LogP contribution in [0.5, 0.6) is 0 Å². The lowest BCUT2D eigenvalue weighted by Gasteiger charge is -2.09. The zero-order chi connectivity index (χ0) is 14.7. The fraction of sp³-hybridized carbons (Fsp3) is 0.286. The molecule has 1 aromatic heterocycles. The van der Waals surface area contributed by atoms with Crippen molar-refractivity contribution in [3.05, 3.63) is 45.3 Å². The summed E-state index contributed by atoms with van der Waals surface area (Å²) in [6, 6.07) is 5.77. The van der Waals surface area contributed by atoms with Crippen LogP contribution < -0.4 is 5.43 Å². The third-order valence-electron chi connectivity index (χ3n) is 2.66. The van der Waals surface area contributed by atoms with Crippen molar-refractivity contribution in [1.82, 2.24) is 4.90 Å². The minimum absolute atomic E-state index is 0.108. The number of hydrogen-bond donors (Lipinski definition) is 0. The predicted octanol–water partition coefficient (Wildman–Crippen LogP) is 2.16. The first-order valence-electron chi connectivity index (χ1n) is 6.02. The standard InChI is InChI=1S/C14H14ClNO4/c1-16(2)5-6-19-14(18)13-8-11(17)10-7-9(15)3-4-12(10)20-13/h3-4,7-8H,5-6H2,1-2H3. The molecule has 0 aliphatic carbocycles. The Balaban J connectivity index is 2.25. The van der Waals surface area contributed by atoms with Gasteiger partial charge in [-0.25, -0.2) is 4.79 Å². The molecule has 0 saturated carbocycles. The van der Waals surface area contributed by atoms with Gasteiger partial charge in [-0.1, -0.05) is 11.6 Å². The first-order chi connectivity index (χ1) is 9.47. The van der Waals surface area contributed by atoms with Crippen LogP contribution in [0.3, 0.4) is 0 Å². The maximum absolute atomic E-state index is 11.9. The van der Waals surface area contributed by atoms with Gasteiger partial charge in [0.15, 0.2) is 5.43 Å². The van der Waals surface area contributed by atoms with Gasteiger partial charge in [-0.2, -0.15) is 0 Å². The highest BCUT2D eigenvalue weighted by Gasteiger charge is 2.14. The highest BCUT2D eigenvalue weighted by Crippen LogP contribution is 2.17. The Bertz CT molecular complexity index is 693. The van der Waals surface area contributed by atoms with E-state index in [0.717, 1.165) is 6.07 Å². The summed E-state index contributed by atoms with van der Waals surface area (Å²) in [4.78, 5) is 25.6. The maximum atomic E-state index is 11.9. The van der Waals surface area contributed by atoms with Gasteiger partial charge in [-0.3, -0.25) is 4.79 Å². The first kappa shape index (κ1) is 14.6. The van der Waals surface area contributed by atoms with E-state index in [4.69, 9.17) is 20.8 Å². The molecule has 106 valence electrons. The molecule has 2 aromatic rings. The molecule has 0 fully saturated rings. The van der Waals surface area contributed by atoms with Crippen LogP contribution in [-0.4, -0.2) is 38.1 Å². The van der Waals surface area contributed by atoms with Crippen LogP contribution in [0.2, 0.25) is 5.02 Å². The van der Waals surface area contributed by atoms with Gasteiger partial charge in [-0.15, -0.1) is 0 Å². The van der Waals surface area contributed by atoms with Crippen LogP contribution in [0.15, 0.2) is 33.5 Å². The molecule has 20 heavy (non-hydrogen) atoms. The van der Waals surface area contributed by atoms with Crippen molar-refractivity contribution in [3.63, 3.8) is 0 Å². The van der Waals surface area contributed by atoms with Crippen molar-refractivity contribution in [1.29, 1.82) is 0 Å². The molecule has 0 aliphatic heterocycles. The van der Waals surface area contributed by atoms with Gasteiger partial charge in [0.1, 0.15) is 12.2 Å². The fourth-order valence-corrected chi connectivity index (χ4v) is 1.79. The van der Waals surface area contributed by atoms with Crippen molar-refractivity contribution < 1.29 is 13.9 Å². The van der Waals surface area contributed by atoms with Crippen molar-refractivity contribution >= 4 is 28.5 Å². The molecule has 0 amide bonds. The van der Waals surface area contributed by atoms with Gasteiger partial charge < -0.3 is 14.1 Å². The largest absolute Gasteiger partial charge is 0.458 e. The molecule has 0 atom stereocenters. The second kappa shape index (κ2) is 6.07. The average molecular weight is 296 g/mol. The Morgan fingerprint density at radius 2 is 2.10 bits per heavy atom. The Kier molecular flexibility index (Phi) is 4.42. The Labute approximate surface area is 120 Å². The minimum Gasteiger partial charge on any atom is -0.458 e. The van der Waals surface area contributed by atoms with Crippen LogP contribution in [-0.2, 0) is 4.74 Å². The van der Waals surface area contributed by atoms with Crippen LogP contribution in [0.4, 0.5) is 0 Å². The van der Waals surface area contributed by atoms with Gasteiger partial charge in [0.05, 0.1) is 5.39 Å². The Morgan fingerprint density at radius 3 is 2.80 bits per heavy atom. The molecule has 0 saturated heterocycles. The molecule has 0 bridgehead atoms. The summed E-state index contributed by atoms with van der Waals surface area (Å²) in [6.45, 7) is 0.827. The summed E-state index contributed by atoms with van der Waals surface area (Å²) in [5.41, 5.74) is -0.0187. The number of carbonyl (C=O) groups excluding carboxylic acids is 1. The fourth-order valence-electron chi connectivity index (χ4n) is 1.62. The SMILES string of the molecule is CN(C)CCOC(=O)c1cc(=O)c2cc(Cl)ccc2o1. The Morgan fingerprint density at radius 1 is 1.35 bits per heavy atom. The van der Waals surface area contributed by atoms with Crippen LogP contribution >= 0.6 is 11.6 Å². The molecule has 1 aromatic carbocycles. The van der Waals surface area contributed by atoms with E-state index in [-0.39, 0.29) is 17.8 Å². The van der Waals surface area contributed by atoms with Crippen molar-refractivity contribution in [2.45, 2.75) is 0 Å². The van der Waals surface area contributed by atoms with Crippen LogP contribution in [0, 0.1) is 0 Å². The quantitative estimate of drug-likeness (QED) is 0.809. The topological polar surface area (TPSA) is 59.8 Å². The number of carbonyl (C=O) groups is 1. The number of esters is 1. The van der Waals surface area contributed by atoms with Gasteiger partial charge in [-0.05, 0) is 32.3 Å². The van der Waals surface area contributed by atoms with Gasteiger partial charge in [0.25, 0.3) is 0 Å². The summed E-state index contributed by atoms with van der Waals surface area (Å²) < 4.78 is 10.4. The van der Waals surface area contributed by atoms with Gasteiger partial charge in [0, 0.05) is 17.6 Å². The summed E-state index contributed by atoms with van der Waals surface area (Å²) >= 11 is 5.81. The van der Waals surface area contributed by atoms with Crippen molar-refractivity contribution in [3.8, 4) is 0 Å². The minimum atomic E-state index is -0.652. The van der Waals surface area contributed by atoms with E-state index >= 15 is 0 Å². The molecule has 5 nitrogen and oxygen atoms in total. The lowest BCUT2D eigenvalue weighted by atomic mass is 10.2. The number of nitrogens with zero attached hydrogens (tertiary/aromatic N) is 1. The molecular formula is C14H14ClNO4. The predicted molar refractivity (Wildman–Crippen MR) is 76.3 cm³/mol. The van der Waals surface area contributed by atoms with Crippen LogP contribution in [0.1, 0.15) is 10.6 Å². The molecule has 1 heterocycles. The summed E-state index contributed by atoms with van der Waals surface area (Å²) in [7, 11) is 3.74. The zero-order valence-corrected chi connectivity index (χ0v) is 11.9. The number of rotatable bonds is 4. The van der Waals surface area contributed by atoms with Crippen molar-refractivity contribution in [2.24, 2.45) is 0 Å². The lowest BCUT2D eigenvalue weighted by Crippen LogP contribution is -2.20. The Hall–Kier alpha value is -1.85. The molecule has 2 rings (SSSR count). The van der Waals surface area contributed by atoms with Crippen molar-refractivity contribution in [2.75, 3.05) is 27.2 Å². The lowest BCUT2D eigenvalue weighted by molar-refractivity contribution is 0.0446. The second-order valence-corrected chi connectivity index (χ2v) is 4.99. The first-order valence-corrected chi connectivity index (χ1v) is 6.40. The average Bonchev–Trinajstić information content (AvgIpc) is 2.38. The maximum Gasteiger partial charge on any atom is 0.374 e. The molecule has 0 spiro atoms. The summed E-state index contributed by atoms with van der Waals surface area (Å²) in [5.74, 6) is -0.760. The number of benzene rings is 1. The number of halogens is 1. The highest BCUT2D eigenvalue weighted by molar-refractivity contribution is 6.31. The van der Waals surface area contributed by atoms with E-state index in [9.17, 15) is 9.59 Å². The second-order valence-electron chi connectivity index (χ2n) is 4.55. The van der Waals surface area contributed by atoms with E-state index in [1.165, 1.54) is 6.07 Å². The smallest absolute Gasteiger partial charge is 0.374 e.